The number of benzene rings is 5. The molecule has 14 nitrogen and oxygen atoms in total. The second-order valence-corrected chi connectivity index (χ2v) is 17.2. The van der Waals surface area contributed by atoms with Crippen LogP contribution in [0.4, 0.5) is 0 Å². The van der Waals surface area contributed by atoms with Crippen molar-refractivity contribution in [2.45, 2.75) is 44.6 Å². The Morgan fingerprint density at radius 1 is 0.410 bits per heavy atom. The minimum atomic E-state index is -2.18. The first-order valence-corrected chi connectivity index (χ1v) is 22.4. The van der Waals surface area contributed by atoms with Gasteiger partial charge in [-0.05, 0) is 19.9 Å². The molecule has 0 saturated carbocycles. The van der Waals surface area contributed by atoms with Crippen molar-refractivity contribution in [1.29, 1.82) is 0 Å². The molecule has 4 aliphatic rings. The van der Waals surface area contributed by atoms with Crippen LogP contribution in [-0.2, 0) is 43.5 Å². The van der Waals surface area contributed by atoms with E-state index in [1.807, 2.05) is 111 Å². The summed E-state index contributed by atoms with van der Waals surface area (Å²) in [5, 5.41) is 3.19. The molecule has 0 amide bonds. The lowest BCUT2D eigenvalue weighted by molar-refractivity contribution is -0.0438. The quantitative estimate of drug-likeness (QED) is 0.136. The maximum Gasteiger partial charge on any atom is 0.453 e. The van der Waals surface area contributed by atoms with Crippen LogP contribution in [-0.4, -0.2) is 52.9 Å². The number of ether oxygens (including phenoxy) is 8. The average molecular weight is 869 g/mol. The van der Waals surface area contributed by atoms with Crippen molar-refractivity contribution in [1.82, 2.24) is 0 Å². The molecule has 0 unspecified atom stereocenters. The molecule has 2 aromatic heterocycles. The van der Waals surface area contributed by atoms with E-state index >= 15 is 0 Å². The summed E-state index contributed by atoms with van der Waals surface area (Å²) in [6.07, 6.45) is -2.46. The summed E-state index contributed by atoms with van der Waals surface area (Å²) in [6, 6.07) is 31.1. The van der Waals surface area contributed by atoms with Gasteiger partial charge in [0.25, 0.3) is 0 Å². The van der Waals surface area contributed by atoms with E-state index in [0.717, 1.165) is 43.8 Å². The monoisotopic (exact) mass is 868 g/mol. The van der Waals surface area contributed by atoms with Gasteiger partial charge in [0, 0.05) is 27.1 Å². The Labute approximate surface area is 351 Å². The summed E-state index contributed by atoms with van der Waals surface area (Å²) >= 11 is 0. The summed E-state index contributed by atoms with van der Waals surface area (Å²) in [6.45, 7) is 7.63. The highest BCUT2D eigenvalue weighted by molar-refractivity contribution is 7.32. The van der Waals surface area contributed by atoms with Gasteiger partial charge < -0.3 is 59.2 Å². The molecule has 0 radical (unpaired) electrons. The van der Waals surface area contributed by atoms with Crippen LogP contribution in [0.25, 0.3) is 43.9 Å². The van der Waals surface area contributed by atoms with E-state index in [2.05, 4.69) is 0 Å². The highest BCUT2D eigenvalue weighted by Gasteiger charge is 2.33. The van der Waals surface area contributed by atoms with Crippen molar-refractivity contribution < 1.29 is 63.7 Å². The summed E-state index contributed by atoms with van der Waals surface area (Å²) in [7, 11) is -4.34. The zero-order valence-corrected chi connectivity index (χ0v) is 35.1. The molecule has 4 saturated heterocycles. The Kier molecular flexibility index (Phi) is 10.6. The fourth-order valence-electron chi connectivity index (χ4n) is 8.14. The molecule has 0 atom stereocenters. The van der Waals surface area contributed by atoms with Crippen LogP contribution in [0.15, 0.2) is 114 Å². The third kappa shape index (κ3) is 7.45. The summed E-state index contributed by atoms with van der Waals surface area (Å²) in [4.78, 5) is 0. The lowest BCUT2D eigenvalue weighted by atomic mass is 9.98. The van der Waals surface area contributed by atoms with Crippen LogP contribution in [0.1, 0.15) is 66.8 Å². The highest BCUT2D eigenvalue weighted by atomic mass is 31.1. The average Bonchev–Trinajstić information content (AvgIpc) is 4.13. The lowest BCUT2D eigenvalue weighted by Crippen LogP contribution is -2.24. The van der Waals surface area contributed by atoms with Gasteiger partial charge in [-0.2, -0.15) is 0 Å². The van der Waals surface area contributed by atoms with Gasteiger partial charge in [0.15, 0.2) is 47.5 Å². The Morgan fingerprint density at radius 3 is 1.10 bits per heavy atom. The van der Waals surface area contributed by atoms with E-state index in [9.17, 15) is 0 Å². The molecule has 0 spiro atoms. The molecule has 4 fully saturated rings. The molecular formula is C45H42O14P2. The molecule has 0 aliphatic carbocycles. The highest BCUT2D eigenvalue weighted by Crippen LogP contribution is 2.48. The van der Waals surface area contributed by atoms with Gasteiger partial charge in [0.05, 0.1) is 75.1 Å². The van der Waals surface area contributed by atoms with E-state index in [-0.39, 0.29) is 0 Å². The molecule has 6 heterocycles. The topological polar surface area (TPSA) is 145 Å². The summed E-state index contributed by atoms with van der Waals surface area (Å²) in [5.41, 5.74) is 4.69. The number of rotatable bonds is 9. The van der Waals surface area contributed by atoms with Gasteiger partial charge in [0.2, 0.25) is 0 Å². The minimum absolute atomic E-state index is 0.466. The molecule has 61 heavy (non-hydrogen) atoms. The van der Waals surface area contributed by atoms with E-state index < -0.39 is 47.2 Å². The number of para-hydroxylation sites is 5. The maximum atomic E-state index is 6.97. The van der Waals surface area contributed by atoms with Gasteiger partial charge >= 0.3 is 16.5 Å². The van der Waals surface area contributed by atoms with Crippen LogP contribution < -0.4 is 9.05 Å². The van der Waals surface area contributed by atoms with Crippen LogP contribution in [0.5, 0.6) is 5.75 Å². The second kappa shape index (κ2) is 16.6. The summed E-state index contributed by atoms with van der Waals surface area (Å²) in [5.74, 6) is 0.466. The summed E-state index contributed by atoms with van der Waals surface area (Å²) < 4.78 is 88.8. The van der Waals surface area contributed by atoms with Crippen molar-refractivity contribution in [3.63, 3.8) is 0 Å². The fraction of sp³-hybridized carbons (Fsp3) is 0.333. The molecule has 5 aromatic carbocycles. The van der Waals surface area contributed by atoms with E-state index in [1.165, 1.54) is 0 Å². The predicted molar refractivity (Wildman–Crippen MR) is 223 cm³/mol. The Hall–Kier alpha value is -4.66. The zero-order valence-electron chi connectivity index (χ0n) is 33.3. The van der Waals surface area contributed by atoms with Gasteiger partial charge in [-0.3, -0.25) is 4.52 Å². The normalized spacial score (nSPS) is 18.4. The van der Waals surface area contributed by atoms with Crippen LogP contribution in [0, 0.1) is 0 Å². The first-order chi connectivity index (χ1) is 30.0. The van der Waals surface area contributed by atoms with Crippen molar-refractivity contribution in [3.05, 3.63) is 125 Å². The Bertz CT molecular complexity index is 2660. The number of hydrogen-bond donors (Lipinski definition) is 0. The molecule has 7 aromatic rings. The minimum Gasteiger partial charge on any atom is -0.398 e. The van der Waals surface area contributed by atoms with Crippen LogP contribution in [0.3, 0.4) is 0 Å². The van der Waals surface area contributed by atoms with Crippen molar-refractivity contribution in [2.75, 3.05) is 52.9 Å². The molecule has 0 bridgehead atoms. The Balaban J connectivity index is 1.05. The first kappa shape index (κ1) is 39.2. The maximum absolute atomic E-state index is 6.97. The van der Waals surface area contributed by atoms with Crippen LogP contribution in [0.2, 0.25) is 0 Å². The van der Waals surface area contributed by atoms with E-state index in [4.69, 9.17) is 63.7 Å². The molecular weight excluding hydrogens is 826 g/mol. The standard InChI is InChI=1S/C45H42O14P2/c1-45(2,59-61-57-39-29(11-7-15-33(39)43-50-23-24-51-43)30-12-8-16-34(40(30)58-61)44-52-25-26-53-44)35-17-3-4-18-36(35)54-60-55-37-27(9-5-13-31(37)41-46-19-20-47-41)28-10-6-14-32(38(28)56-60)42-48-21-22-49-42/h3-18,41-44H,19-26H2,1-2H3. The van der Waals surface area contributed by atoms with Crippen molar-refractivity contribution >= 4 is 60.4 Å². The van der Waals surface area contributed by atoms with Crippen LogP contribution >= 0.6 is 16.5 Å². The molecule has 0 N–H and O–H groups in total. The third-order valence-electron chi connectivity index (χ3n) is 10.9. The van der Waals surface area contributed by atoms with Gasteiger partial charge in [-0.15, -0.1) is 0 Å². The zero-order chi connectivity index (χ0) is 40.9. The number of fused-ring (bicyclic) bond motifs is 6. The van der Waals surface area contributed by atoms with Crippen molar-refractivity contribution in [2.24, 2.45) is 0 Å². The smallest absolute Gasteiger partial charge is 0.398 e. The largest absolute Gasteiger partial charge is 0.453 e. The molecule has 316 valence electrons. The molecule has 4 aliphatic heterocycles. The number of hydrogen-bond acceptors (Lipinski definition) is 14. The van der Waals surface area contributed by atoms with Gasteiger partial charge in [0.1, 0.15) is 11.4 Å². The van der Waals surface area contributed by atoms with Gasteiger partial charge in [-0.25, -0.2) is 0 Å². The fourth-order valence-corrected chi connectivity index (χ4v) is 10.6. The molecule has 11 rings (SSSR count). The first-order valence-electron chi connectivity index (χ1n) is 20.2. The van der Waals surface area contributed by atoms with Gasteiger partial charge in [-0.1, -0.05) is 91.0 Å². The van der Waals surface area contributed by atoms with Crippen molar-refractivity contribution in [3.8, 4) is 5.75 Å². The Morgan fingerprint density at radius 2 is 0.738 bits per heavy atom. The second-order valence-electron chi connectivity index (χ2n) is 15.2. The SMILES string of the molecule is CC(C)(Op1oc2c(C3OCCO3)cccc2c2cccc(C3OCCO3)c2o1)c1ccccc1Op1oc2c(C3OCCO3)cccc2c2cccc(C3OCCO3)c2o1. The van der Waals surface area contributed by atoms with E-state index in [1.54, 1.807) is 0 Å². The lowest BCUT2D eigenvalue weighted by Gasteiger charge is -2.25. The predicted octanol–water partition coefficient (Wildman–Crippen LogP) is 11.3. The molecule has 16 heteroatoms. The van der Waals surface area contributed by atoms with E-state index in [0.29, 0.717) is 86.5 Å². The third-order valence-corrected chi connectivity index (χ3v) is 13.2.